The van der Waals surface area contributed by atoms with Crippen LogP contribution in [0.2, 0.25) is 5.02 Å². The Morgan fingerprint density at radius 2 is 1.96 bits per heavy atom. The molecule has 0 aliphatic heterocycles. The minimum Gasteiger partial charge on any atom is -0.483 e. The molecule has 3 amide bonds. The number of nitrogens with two attached hydrogens (primary N) is 1. The molecule has 2 aromatic carbocycles. The Balaban J connectivity index is 1.99. The van der Waals surface area contributed by atoms with E-state index in [9.17, 15) is 14.4 Å². The molecular weight excluding hydrogens is 372 g/mol. The molecule has 0 unspecified atom stereocenters. The van der Waals surface area contributed by atoms with Crippen molar-refractivity contribution < 1.29 is 19.1 Å². The van der Waals surface area contributed by atoms with Gasteiger partial charge in [-0.1, -0.05) is 23.7 Å². The summed E-state index contributed by atoms with van der Waals surface area (Å²) in [6, 6.07) is 11.6. The van der Waals surface area contributed by atoms with Crippen molar-refractivity contribution >= 4 is 41.2 Å². The second-order valence-electron chi connectivity index (χ2n) is 5.46. The maximum Gasteiger partial charge on any atom is 0.329 e. The molecule has 27 heavy (non-hydrogen) atoms. The highest BCUT2D eigenvalue weighted by atomic mass is 35.5. The van der Waals surface area contributed by atoms with Crippen LogP contribution in [0.15, 0.2) is 47.6 Å². The molecule has 0 radical (unpaired) electrons. The lowest BCUT2D eigenvalue weighted by atomic mass is 10.2. The molecule has 0 aliphatic rings. The van der Waals surface area contributed by atoms with Crippen LogP contribution in [0.25, 0.3) is 0 Å². The summed E-state index contributed by atoms with van der Waals surface area (Å²) < 4.78 is 5.23. The van der Waals surface area contributed by atoms with E-state index in [0.717, 1.165) is 5.56 Å². The van der Waals surface area contributed by atoms with Crippen molar-refractivity contribution in [2.75, 3.05) is 11.9 Å². The van der Waals surface area contributed by atoms with Crippen LogP contribution in [-0.2, 0) is 14.4 Å². The minimum absolute atomic E-state index is 0.292. The highest BCUT2D eigenvalue weighted by Gasteiger charge is 2.13. The normalized spacial score (nSPS) is 10.4. The first-order valence-electron chi connectivity index (χ1n) is 7.77. The van der Waals surface area contributed by atoms with E-state index in [-0.39, 0.29) is 6.61 Å². The molecule has 4 N–H and O–H groups in total. The van der Waals surface area contributed by atoms with Crippen molar-refractivity contribution in [1.82, 2.24) is 5.43 Å². The van der Waals surface area contributed by atoms with Crippen molar-refractivity contribution in [2.45, 2.75) is 6.92 Å². The number of amides is 3. The second kappa shape index (κ2) is 9.35. The molecule has 8 nitrogen and oxygen atoms in total. The van der Waals surface area contributed by atoms with Gasteiger partial charge in [-0.2, -0.15) is 5.10 Å². The fourth-order valence-electron chi connectivity index (χ4n) is 2.02. The predicted molar refractivity (Wildman–Crippen MR) is 102 cm³/mol. The van der Waals surface area contributed by atoms with Crippen molar-refractivity contribution in [3.8, 4) is 5.75 Å². The van der Waals surface area contributed by atoms with Crippen LogP contribution in [0.3, 0.4) is 0 Å². The number of nitrogens with one attached hydrogen (secondary N) is 2. The van der Waals surface area contributed by atoms with E-state index in [4.69, 9.17) is 22.1 Å². The zero-order chi connectivity index (χ0) is 19.8. The third-order valence-electron chi connectivity index (χ3n) is 3.19. The highest BCUT2D eigenvalue weighted by Crippen LogP contribution is 2.21. The SMILES string of the molecule is Cc1cccc(NC(=O)C(=O)N/N=C\c2cc(Cl)ccc2OCC(N)=O)c1. The first kappa shape index (κ1) is 19.9. The van der Waals surface area contributed by atoms with Crippen LogP contribution in [-0.4, -0.2) is 30.5 Å². The quantitative estimate of drug-likeness (QED) is 0.395. The minimum atomic E-state index is -0.950. The van der Waals surface area contributed by atoms with E-state index in [1.165, 1.54) is 18.3 Å². The van der Waals surface area contributed by atoms with Crippen LogP contribution in [0.1, 0.15) is 11.1 Å². The Morgan fingerprint density at radius 3 is 2.67 bits per heavy atom. The molecule has 2 rings (SSSR count). The molecular formula is C18H17ClN4O4. The molecule has 140 valence electrons. The first-order valence-corrected chi connectivity index (χ1v) is 8.14. The molecule has 0 bridgehead atoms. The Hall–Kier alpha value is -3.39. The number of hydrogen-bond acceptors (Lipinski definition) is 5. The van der Waals surface area contributed by atoms with Gasteiger partial charge in [-0.3, -0.25) is 14.4 Å². The summed E-state index contributed by atoms with van der Waals surface area (Å²) in [4.78, 5) is 34.5. The molecule has 9 heteroatoms. The number of ether oxygens (including phenoxy) is 1. The lowest BCUT2D eigenvalue weighted by Crippen LogP contribution is -2.32. The Kier molecular flexibility index (Phi) is 6.90. The molecule has 2 aromatic rings. The van der Waals surface area contributed by atoms with Crippen LogP contribution in [0.5, 0.6) is 5.75 Å². The summed E-state index contributed by atoms with van der Waals surface area (Å²) >= 11 is 5.91. The van der Waals surface area contributed by atoms with Crippen LogP contribution in [0, 0.1) is 6.92 Å². The maximum absolute atomic E-state index is 11.9. The Morgan fingerprint density at radius 1 is 1.19 bits per heavy atom. The summed E-state index contributed by atoms with van der Waals surface area (Å²) in [5.74, 6) is -2.17. The first-order chi connectivity index (χ1) is 12.8. The van der Waals surface area contributed by atoms with Gasteiger partial charge in [-0.15, -0.1) is 0 Å². The summed E-state index contributed by atoms with van der Waals surface area (Å²) in [5.41, 5.74) is 8.98. The van der Waals surface area contributed by atoms with Crippen molar-refractivity contribution in [2.24, 2.45) is 10.8 Å². The van der Waals surface area contributed by atoms with Gasteiger partial charge in [-0.05, 0) is 42.8 Å². The van der Waals surface area contributed by atoms with Gasteiger partial charge < -0.3 is 15.8 Å². The molecule has 0 aromatic heterocycles. The van der Waals surface area contributed by atoms with Crippen LogP contribution < -0.4 is 21.2 Å². The summed E-state index contributed by atoms with van der Waals surface area (Å²) in [7, 11) is 0. The lowest BCUT2D eigenvalue weighted by molar-refractivity contribution is -0.136. The number of benzene rings is 2. The van der Waals surface area contributed by atoms with Gasteiger partial charge in [-0.25, -0.2) is 5.43 Å². The van der Waals surface area contributed by atoms with Gasteiger partial charge in [0.15, 0.2) is 6.61 Å². The average molecular weight is 389 g/mol. The maximum atomic E-state index is 11.9. The third-order valence-corrected chi connectivity index (χ3v) is 3.43. The lowest BCUT2D eigenvalue weighted by Gasteiger charge is -2.07. The van der Waals surface area contributed by atoms with Gasteiger partial charge in [0.25, 0.3) is 5.91 Å². The number of hydrogen-bond donors (Lipinski definition) is 3. The molecule has 0 saturated heterocycles. The fourth-order valence-corrected chi connectivity index (χ4v) is 2.20. The number of carbonyl (C=O) groups is 3. The van der Waals surface area contributed by atoms with Crippen LogP contribution >= 0.6 is 11.6 Å². The predicted octanol–water partition coefficient (Wildman–Crippen LogP) is 1.60. The van der Waals surface area contributed by atoms with Crippen molar-refractivity contribution in [1.29, 1.82) is 0 Å². The number of rotatable bonds is 6. The number of hydrazone groups is 1. The molecule has 0 saturated carbocycles. The van der Waals surface area contributed by atoms with Gasteiger partial charge in [0.1, 0.15) is 5.75 Å². The van der Waals surface area contributed by atoms with E-state index < -0.39 is 17.7 Å². The molecule has 0 fully saturated rings. The number of anilines is 1. The number of carbonyl (C=O) groups excluding carboxylic acids is 3. The van der Waals surface area contributed by atoms with Gasteiger partial charge >= 0.3 is 11.8 Å². The third kappa shape index (κ3) is 6.44. The topological polar surface area (TPSA) is 123 Å². The monoisotopic (exact) mass is 388 g/mol. The largest absolute Gasteiger partial charge is 0.483 e. The Labute approximate surface area is 160 Å². The molecule has 0 heterocycles. The van der Waals surface area contributed by atoms with Gasteiger partial charge in [0.05, 0.1) is 6.21 Å². The summed E-state index contributed by atoms with van der Waals surface area (Å²) in [6.07, 6.45) is 1.24. The van der Waals surface area contributed by atoms with E-state index >= 15 is 0 Å². The van der Waals surface area contributed by atoms with Gasteiger partial charge in [0, 0.05) is 16.3 Å². The summed E-state index contributed by atoms with van der Waals surface area (Å²) in [5, 5.41) is 6.57. The second-order valence-corrected chi connectivity index (χ2v) is 5.90. The molecule has 0 atom stereocenters. The van der Waals surface area contributed by atoms with E-state index in [1.807, 2.05) is 13.0 Å². The molecule has 0 spiro atoms. The smallest absolute Gasteiger partial charge is 0.329 e. The zero-order valence-corrected chi connectivity index (χ0v) is 15.1. The number of nitrogens with zero attached hydrogens (tertiary/aromatic N) is 1. The Bertz CT molecular complexity index is 899. The van der Waals surface area contributed by atoms with Gasteiger partial charge in [0.2, 0.25) is 0 Å². The van der Waals surface area contributed by atoms with Crippen LogP contribution in [0.4, 0.5) is 5.69 Å². The summed E-state index contributed by atoms with van der Waals surface area (Å²) in [6.45, 7) is 1.54. The molecule has 0 aliphatic carbocycles. The number of aryl methyl sites for hydroxylation is 1. The zero-order valence-electron chi connectivity index (χ0n) is 14.4. The van der Waals surface area contributed by atoms with E-state index in [0.29, 0.717) is 22.0 Å². The van der Waals surface area contributed by atoms with E-state index in [1.54, 1.807) is 24.3 Å². The fraction of sp³-hybridized carbons (Fsp3) is 0.111. The van der Waals surface area contributed by atoms with Crippen molar-refractivity contribution in [3.05, 3.63) is 58.6 Å². The number of primary amides is 1. The average Bonchev–Trinajstić information content (AvgIpc) is 2.60. The highest BCUT2D eigenvalue weighted by molar-refractivity contribution is 6.39. The van der Waals surface area contributed by atoms with E-state index in [2.05, 4.69) is 15.8 Å². The van der Waals surface area contributed by atoms with Crippen molar-refractivity contribution in [3.63, 3.8) is 0 Å². The number of halogens is 1. The standard InChI is InChI=1S/C18H17ClN4O4/c1-11-3-2-4-14(7-11)22-17(25)18(26)23-21-9-12-8-13(19)5-6-15(12)27-10-16(20)24/h2-9H,10H2,1H3,(H2,20,24)(H,22,25)(H,23,26)/b21-9-.